The molecule has 3 saturated carbocycles. The lowest BCUT2D eigenvalue weighted by atomic mass is 9.55. The normalized spacial score (nSPS) is 34.5. The SMILES string of the molecule is CCC(CCCCNC)CC1CCC2/C(=C/C=C3/CCCCC3NC)CCCC12C(C)CC. The van der Waals surface area contributed by atoms with Gasteiger partial charge in [-0.25, -0.2) is 0 Å². The van der Waals surface area contributed by atoms with Crippen molar-refractivity contribution in [3.05, 3.63) is 23.3 Å². The first-order chi connectivity index (χ1) is 16.1. The third kappa shape index (κ3) is 6.35. The zero-order valence-electron chi connectivity index (χ0n) is 22.9. The van der Waals surface area contributed by atoms with E-state index in [-0.39, 0.29) is 0 Å². The Kier molecular flexibility index (Phi) is 11.0. The van der Waals surface area contributed by atoms with E-state index in [2.05, 4.69) is 57.7 Å². The van der Waals surface area contributed by atoms with Crippen LogP contribution in [0.4, 0.5) is 0 Å². The summed E-state index contributed by atoms with van der Waals surface area (Å²) in [5.74, 6) is 3.58. The Morgan fingerprint density at radius 3 is 2.45 bits per heavy atom. The molecule has 0 aromatic carbocycles. The molecular formula is C31H56N2. The molecule has 3 aliphatic carbocycles. The summed E-state index contributed by atoms with van der Waals surface area (Å²) >= 11 is 0. The molecule has 2 heteroatoms. The number of likely N-dealkylation sites (N-methyl/N-ethyl adjacent to an activating group) is 1. The number of rotatable bonds is 12. The van der Waals surface area contributed by atoms with Crippen LogP contribution >= 0.6 is 0 Å². The molecule has 3 aliphatic rings. The Hall–Kier alpha value is -0.600. The van der Waals surface area contributed by atoms with Gasteiger partial charge in [0.1, 0.15) is 0 Å². The van der Waals surface area contributed by atoms with Crippen LogP contribution < -0.4 is 10.6 Å². The molecule has 33 heavy (non-hydrogen) atoms. The molecule has 190 valence electrons. The summed E-state index contributed by atoms with van der Waals surface area (Å²) < 4.78 is 0. The minimum absolute atomic E-state index is 0.574. The highest BCUT2D eigenvalue weighted by Crippen LogP contribution is 2.63. The summed E-state index contributed by atoms with van der Waals surface area (Å²) in [4.78, 5) is 0. The summed E-state index contributed by atoms with van der Waals surface area (Å²) in [6.07, 6.45) is 26.2. The maximum atomic E-state index is 3.58. The smallest absolute Gasteiger partial charge is 0.0279 e. The highest BCUT2D eigenvalue weighted by atomic mass is 14.9. The standard InChI is InChI=1S/C31H56N2/c1-6-24(3)31-21-12-15-26(17-18-27-14-8-9-16-30(27)33-5)29(31)20-19-28(31)23-25(7-2)13-10-11-22-32-4/h17-18,24-25,28-30,32-33H,6-16,19-23H2,1-5H3/b26-17+,27-18-. The van der Waals surface area contributed by atoms with E-state index in [9.17, 15) is 0 Å². The van der Waals surface area contributed by atoms with Crippen molar-refractivity contribution in [1.82, 2.24) is 10.6 Å². The van der Waals surface area contributed by atoms with E-state index in [4.69, 9.17) is 0 Å². The Morgan fingerprint density at radius 1 is 0.939 bits per heavy atom. The Bertz CT molecular complexity index is 635. The van der Waals surface area contributed by atoms with E-state index in [0.29, 0.717) is 11.5 Å². The van der Waals surface area contributed by atoms with Gasteiger partial charge in [0.25, 0.3) is 0 Å². The van der Waals surface area contributed by atoms with Gasteiger partial charge in [0.2, 0.25) is 0 Å². The lowest BCUT2D eigenvalue weighted by Crippen LogP contribution is -2.42. The van der Waals surface area contributed by atoms with Crippen LogP contribution in [0.5, 0.6) is 0 Å². The predicted octanol–water partition coefficient (Wildman–Crippen LogP) is 8.05. The molecule has 6 unspecified atom stereocenters. The second-order valence-electron chi connectivity index (χ2n) is 11.8. The summed E-state index contributed by atoms with van der Waals surface area (Å²) in [6.45, 7) is 8.70. The van der Waals surface area contributed by atoms with Gasteiger partial charge >= 0.3 is 0 Å². The van der Waals surface area contributed by atoms with Crippen molar-refractivity contribution in [2.45, 2.75) is 123 Å². The van der Waals surface area contributed by atoms with Gasteiger partial charge in [-0.2, -0.15) is 0 Å². The second kappa shape index (κ2) is 13.5. The molecule has 0 spiro atoms. The topological polar surface area (TPSA) is 24.1 Å². The van der Waals surface area contributed by atoms with E-state index in [1.807, 2.05) is 5.57 Å². The zero-order valence-corrected chi connectivity index (χ0v) is 22.9. The van der Waals surface area contributed by atoms with Gasteiger partial charge in [-0.1, -0.05) is 76.2 Å². The van der Waals surface area contributed by atoms with Crippen LogP contribution in [0.1, 0.15) is 117 Å². The van der Waals surface area contributed by atoms with E-state index >= 15 is 0 Å². The van der Waals surface area contributed by atoms with Crippen molar-refractivity contribution in [3.63, 3.8) is 0 Å². The molecule has 3 rings (SSSR count). The predicted molar refractivity (Wildman–Crippen MR) is 146 cm³/mol. The summed E-state index contributed by atoms with van der Waals surface area (Å²) in [5.41, 5.74) is 4.06. The fourth-order valence-electron chi connectivity index (χ4n) is 8.19. The largest absolute Gasteiger partial charge is 0.320 e. The van der Waals surface area contributed by atoms with Gasteiger partial charge in [0.15, 0.2) is 0 Å². The molecule has 0 aromatic heterocycles. The summed E-state index contributed by atoms with van der Waals surface area (Å²) in [6, 6.07) is 0.614. The fourth-order valence-corrected chi connectivity index (χ4v) is 8.19. The van der Waals surface area contributed by atoms with Crippen molar-refractivity contribution in [2.75, 3.05) is 20.6 Å². The van der Waals surface area contributed by atoms with Crippen LogP contribution in [0.25, 0.3) is 0 Å². The number of fused-ring (bicyclic) bond motifs is 1. The lowest BCUT2D eigenvalue weighted by Gasteiger charge is -2.50. The van der Waals surface area contributed by atoms with E-state index in [0.717, 1.165) is 23.7 Å². The molecule has 0 bridgehead atoms. The van der Waals surface area contributed by atoms with Crippen LogP contribution in [0.2, 0.25) is 0 Å². The monoisotopic (exact) mass is 456 g/mol. The maximum Gasteiger partial charge on any atom is 0.0279 e. The zero-order chi connectivity index (χ0) is 23.7. The van der Waals surface area contributed by atoms with Crippen molar-refractivity contribution < 1.29 is 0 Å². The van der Waals surface area contributed by atoms with Crippen LogP contribution in [-0.4, -0.2) is 26.7 Å². The molecule has 0 aliphatic heterocycles. The van der Waals surface area contributed by atoms with E-state index < -0.39 is 0 Å². The first kappa shape index (κ1) is 27.0. The highest BCUT2D eigenvalue weighted by molar-refractivity contribution is 5.28. The molecule has 0 aromatic rings. The molecular weight excluding hydrogens is 400 g/mol. The van der Waals surface area contributed by atoms with Crippen molar-refractivity contribution in [2.24, 2.45) is 29.1 Å². The van der Waals surface area contributed by atoms with E-state index in [1.165, 1.54) is 103 Å². The van der Waals surface area contributed by atoms with Gasteiger partial charge in [-0.05, 0) is 114 Å². The molecule has 2 N–H and O–H groups in total. The van der Waals surface area contributed by atoms with Crippen LogP contribution in [0.3, 0.4) is 0 Å². The third-order valence-electron chi connectivity index (χ3n) is 10.3. The number of hydrogen-bond acceptors (Lipinski definition) is 2. The average Bonchev–Trinajstić information content (AvgIpc) is 3.23. The van der Waals surface area contributed by atoms with Crippen LogP contribution in [0, 0.1) is 29.1 Å². The first-order valence-corrected chi connectivity index (χ1v) is 14.8. The molecule has 3 fully saturated rings. The minimum Gasteiger partial charge on any atom is -0.320 e. The van der Waals surface area contributed by atoms with Gasteiger partial charge in [-0.3, -0.25) is 0 Å². The first-order valence-electron chi connectivity index (χ1n) is 14.8. The van der Waals surface area contributed by atoms with Crippen LogP contribution in [-0.2, 0) is 0 Å². The minimum atomic E-state index is 0.574. The van der Waals surface area contributed by atoms with Gasteiger partial charge in [-0.15, -0.1) is 0 Å². The molecule has 0 amide bonds. The Labute approximate surface area is 206 Å². The Morgan fingerprint density at radius 2 is 1.73 bits per heavy atom. The maximum absolute atomic E-state index is 3.58. The third-order valence-corrected chi connectivity index (χ3v) is 10.3. The highest BCUT2D eigenvalue weighted by Gasteiger charge is 2.54. The average molecular weight is 457 g/mol. The number of unbranched alkanes of at least 4 members (excludes halogenated alkanes) is 1. The lowest BCUT2D eigenvalue weighted by molar-refractivity contribution is 0.0258. The molecule has 0 saturated heterocycles. The van der Waals surface area contributed by atoms with Crippen molar-refractivity contribution in [1.29, 1.82) is 0 Å². The Balaban J connectivity index is 1.78. The van der Waals surface area contributed by atoms with Gasteiger partial charge < -0.3 is 10.6 Å². The van der Waals surface area contributed by atoms with Gasteiger partial charge in [0.05, 0.1) is 0 Å². The second-order valence-corrected chi connectivity index (χ2v) is 11.8. The summed E-state index contributed by atoms with van der Waals surface area (Å²) in [7, 11) is 4.24. The molecule has 0 heterocycles. The molecule has 6 atom stereocenters. The van der Waals surface area contributed by atoms with Gasteiger partial charge in [0, 0.05) is 6.04 Å². The quantitative estimate of drug-likeness (QED) is 0.290. The van der Waals surface area contributed by atoms with Crippen molar-refractivity contribution >= 4 is 0 Å². The van der Waals surface area contributed by atoms with E-state index in [1.54, 1.807) is 5.57 Å². The van der Waals surface area contributed by atoms with Crippen LogP contribution in [0.15, 0.2) is 23.3 Å². The van der Waals surface area contributed by atoms with Crippen molar-refractivity contribution in [3.8, 4) is 0 Å². The number of hydrogen-bond donors (Lipinski definition) is 2. The molecule has 0 radical (unpaired) electrons. The number of allylic oxidation sites excluding steroid dienone is 3. The summed E-state index contributed by atoms with van der Waals surface area (Å²) in [5, 5.41) is 6.91. The fraction of sp³-hybridized carbons (Fsp3) is 0.871. The number of nitrogens with one attached hydrogen (secondary N) is 2. The molecule has 2 nitrogen and oxygen atoms in total.